The Morgan fingerprint density at radius 1 is 1.30 bits per heavy atom. The molecule has 3 rings (SSSR count). The second-order valence-electron chi connectivity index (χ2n) is 5.52. The summed E-state index contributed by atoms with van der Waals surface area (Å²) < 4.78 is 16.5. The van der Waals surface area contributed by atoms with Gasteiger partial charge in [-0.2, -0.15) is 0 Å². The summed E-state index contributed by atoms with van der Waals surface area (Å²) in [5, 5.41) is 3.74. The Bertz CT molecular complexity index is 901. The Hall–Kier alpha value is -1.89. The van der Waals surface area contributed by atoms with Gasteiger partial charge in [-0.25, -0.2) is 4.39 Å². The van der Waals surface area contributed by atoms with Crippen molar-refractivity contribution in [1.82, 2.24) is 4.57 Å². The third-order valence-corrected chi connectivity index (χ3v) is 4.74. The molecule has 0 radical (unpaired) electrons. The van der Waals surface area contributed by atoms with Crippen LogP contribution >= 0.6 is 22.6 Å². The maximum atomic E-state index is 13.8. The number of carbonyl (C=O) groups is 1. The third-order valence-electron chi connectivity index (χ3n) is 3.92. The number of hydrogen-bond donors (Lipinski definition) is 1. The molecule has 0 aliphatic rings. The molecule has 0 bridgehead atoms. The van der Waals surface area contributed by atoms with Gasteiger partial charge in [0.1, 0.15) is 5.82 Å². The van der Waals surface area contributed by atoms with Crippen molar-refractivity contribution in [1.29, 1.82) is 0 Å². The second-order valence-corrected chi connectivity index (χ2v) is 6.28. The number of benzene rings is 2. The molecule has 0 unspecified atom stereocenters. The van der Waals surface area contributed by atoms with Crippen LogP contribution in [0.15, 0.2) is 42.6 Å². The van der Waals surface area contributed by atoms with Gasteiger partial charge in [-0.05, 0) is 30.2 Å². The van der Waals surface area contributed by atoms with E-state index >= 15 is 0 Å². The highest BCUT2D eigenvalue weighted by molar-refractivity contribution is 14.1. The number of rotatable bonds is 3. The van der Waals surface area contributed by atoms with Gasteiger partial charge < -0.3 is 9.88 Å². The first-order valence-corrected chi connectivity index (χ1v) is 8.74. The molecule has 23 heavy (non-hydrogen) atoms. The molecule has 1 aromatic heterocycles. The molecule has 5 heteroatoms. The van der Waals surface area contributed by atoms with Crippen LogP contribution in [0.3, 0.4) is 0 Å². The highest BCUT2D eigenvalue weighted by Crippen LogP contribution is 2.25. The van der Waals surface area contributed by atoms with Crippen LogP contribution in [-0.2, 0) is 11.5 Å². The molecule has 0 saturated heterocycles. The molecule has 118 valence electrons. The fourth-order valence-electron chi connectivity index (χ4n) is 2.68. The normalized spacial score (nSPS) is 11.0. The number of aromatic nitrogens is 1. The van der Waals surface area contributed by atoms with E-state index in [2.05, 4.69) is 27.9 Å². The summed E-state index contributed by atoms with van der Waals surface area (Å²) >= 11 is 2.21. The monoisotopic (exact) mass is 422 g/mol. The zero-order valence-electron chi connectivity index (χ0n) is 12.9. The minimum absolute atomic E-state index is 0.226. The zero-order chi connectivity index (χ0) is 16.6. The highest BCUT2D eigenvalue weighted by atomic mass is 127. The predicted molar refractivity (Wildman–Crippen MR) is 99.7 cm³/mol. The molecule has 0 aliphatic heterocycles. The first kappa shape index (κ1) is 16.0. The van der Waals surface area contributed by atoms with Crippen molar-refractivity contribution in [2.24, 2.45) is 7.05 Å². The molecule has 1 N–H and O–H groups in total. The van der Waals surface area contributed by atoms with Crippen LogP contribution in [0.25, 0.3) is 10.9 Å². The molecular weight excluding hydrogens is 406 g/mol. The summed E-state index contributed by atoms with van der Waals surface area (Å²) in [6.45, 7) is 1.72. The lowest BCUT2D eigenvalue weighted by atomic mass is 10.1. The van der Waals surface area contributed by atoms with Gasteiger partial charge in [0.25, 0.3) is 5.91 Å². The number of alkyl halides is 1. The van der Waals surface area contributed by atoms with Gasteiger partial charge in [-0.15, -0.1) is 0 Å². The van der Waals surface area contributed by atoms with Crippen molar-refractivity contribution < 1.29 is 9.18 Å². The van der Waals surface area contributed by atoms with Gasteiger partial charge in [0.05, 0.1) is 5.56 Å². The SMILES string of the molecule is Cc1cc(CI)c(NC(=O)c2cn(C)c3ccccc23)cc1F. The van der Waals surface area contributed by atoms with Crippen molar-refractivity contribution in [2.45, 2.75) is 11.4 Å². The van der Waals surface area contributed by atoms with Crippen molar-refractivity contribution in [2.75, 3.05) is 5.32 Å². The fourth-order valence-corrected chi connectivity index (χ4v) is 3.31. The standard InChI is InChI=1S/C18H16FIN2O/c1-11-7-12(9-20)16(8-15(11)19)21-18(23)14-10-22(2)17-6-4-3-5-13(14)17/h3-8,10H,9H2,1-2H3,(H,21,23). The maximum absolute atomic E-state index is 13.8. The number of nitrogens with one attached hydrogen (secondary N) is 1. The van der Waals surface area contributed by atoms with Crippen LogP contribution in [0, 0.1) is 12.7 Å². The average Bonchev–Trinajstić information content (AvgIpc) is 2.88. The number of hydrogen-bond acceptors (Lipinski definition) is 1. The van der Waals surface area contributed by atoms with Gasteiger partial charge in [0.15, 0.2) is 0 Å². The molecule has 1 amide bonds. The van der Waals surface area contributed by atoms with Crippen LogP contribution in [0.4, 0.5) is 10.1 Å². The third kappa shape index (κ3) is 2.97. The molecule has 0 aliphatic carbocycles. The fraction of sp³-hybridized carbons (Fsp3) is 0.167. The van der Waals surface area contributed by atoms with Gasteiger partial charge in [0.2, 0.25) is 0 Å². The molecular formula is C18H16FIN2O. The highest BCUT2D eigenvalue weighted by Gasteiger charge is 2.16. The van der Waals surface area contributed by atoms with E-state index in [9.17, 15) is 9.18 Å². The van der Waals surface area contributed by atoms with E-state index in [4.69, 9.17) is 0 Å². The lowest BCUT2D eigenvalue weighted by Gasteiger charge is -2.11. The minimum atomic E-state index is -0.313. The van der Waals surface area contributed by atoms with Gasteiger partial charge in [-0.1, -0.05) is 46.9 Å². The van der Waals surface area contributed by atoms with E-state index in [1.807, 2.05) is 35.9 Å². The van der Waals surface area contributed by atoms with E-state index in [0.717, 1.165) is 16.5 Å². The van der Waals surface area contributed by atoms with E-state index in [1.165, 1.54) is 6.07 Å². The van der Waals surface area contributed by atoms with E-state index in [-0.39, 0.29) is 11.7 Å². The van der Waals surface area contributed by atoms with Crippen LogP contribution in [0.5, 0.6) is 0 Å². The number of para-hydroxylation sites is 1. The predicted octanol–water partition coefficient (Wildman–Crippen LogP) is 4.81. The van der Waals surface area contributed by atoms with Crippen LogP contribution in [0.1, 0.15) is 21.5 Å². The molecule has 3 aromatic rings. The van der Waals surface area contributed by atoms with Gasteiger partial charge >= 0.3 is 0 Å². The summed E-state index contributed by atoms with van der Waals surface area (Å²) in [6.07, 6.45) is 1.80. The van der Waals surface area contributed by atoms with Crippen molar-refractivity contribution in [3.8, 4) is 0 Å². The number of anilines is 1. The molecule has 2 aromatic carbocycles. The van der Waals surface area contributed by atoms with Crippen molar-refractivity contribution in [3.63, 3.8) is 0 Å². The van der Waals surface area contributed by atoms with E-state index in [0.29, 0.717) is 21.2 Å². The lowest BCUT2D eigenvalue weighted by molar-refractivity contribution is 0.102. The maximum Gasteiger partial charge on any atom is 0.257 e. The summed E-state index contributed by atoms with van der Waals surface area (Å²) in [5.41, 5.74) is 3.60. The summed E-state index contributed by atoms with van der Waals surface area (Å²) in [7, 11) is 1.90. The zero-order valence-corrected chi connectivity index (χ0v) is 15.0. The van der Waals surface area contributed by atoms with Gasteiger partial charge in [-0.3, -0.25) is 4.79 Å². The van der Waals surface area contributed by atoms with Crippen molar-refractivity contribution >= 4 is 45.1 Å². The molecule has 1 heterocycles. The lowest BCUT2D eigenvalue weighted by Crippen LogP contribution is -2.13. The number of aryl methyl sites for hydroxylation is 2. The molecule has 0 fully saturated rings. The topological polar surface area (TPSA) is 34.0 Å². The summed E-state index contributed by atoms with van der Waals surface area (Å²) in [4.78, 5) is 12.7. The van der Waals surface area contributed by atoms with E-state index in [1.54, 1.807) is 19.2 Å². The Morgan fingerprint density at radius 3 is 2.78 bits per heavy atom. The number of nitrogens with zero attached hydrogens (tertiary/aromatic N) is 1. The van der Waals surface area contributed by atoms with Crippen LogP contribution in [-0.4, -0.2) is 10.5 Å². The quantitative estimate of drug-likeness (QED) is 0.477. The Balaban J connectivity index is 2.00. The molecule has 0 saturated carbocycles. The number of fused-ring (bicyclic) bond motifs is 1. The first-order valence-electron chi connectivity index (χ1n) is 7.21. The summed E-state index contributed by atoms with van der Waals surface area (Å²) in [5.74, 6) is -0.539. The second kappa shape index (κ2) is 6.31. The van der Waals surface area contributed by atoms with Gasteiger partial charge in [0, 0.05) is 34.3 Å². The number of carbonyl (C=O) groups excluding carboxylic acids is 1. The largest absolute Gasteiger partial charge is 0.350 e. The summed E-state index contributed by atoms with van der Waals surface area (Å²) in [6, 6.07) is 10.9. The number of amides is 1. The number of halogens is 2. The minimum Gasteiger partial charge on any atom is -0.350 e. The Kier molecular flexibility index (Phi) is 4.39. The van der Waals surface area contributed by atoms with Crippen molar-refractivity contribution in [3.05, 3.63) is 65.1 Å². The molecule has 0 spiro atoms. The van der Waals surface area contributed by atoms with E-state index < -0.39 is 0 Å². The Labute approximate surface area is 147 Å². The molecule has 0 atom stereocenters. The average molecular weight is 422 g/mol. The first-order chi connectivity index (χ1) is 11.0. The van der Waals surface area contributed by atoms with Crippen LogP contribution in [0.2, 0.25) is 0 Å². The molecule has 3 nitrogen and oxygen atoms in total. The Morgan fingerprint density at radius 2 is 2.04 bits per heavy atom. The van der Waals surface area contributed by atoms with Crippen LogP contribution < -0.4 is 5.32 Å². The smallest absolute Gasteiger partial charge is 0.257 e.